The number of benzene rings is 2. The molecule has 0 radical (unpaired) electrons. The third kappa shape index (κ3) is 7.55. The van der Waals surface area contributed by atoms with Gasteiger partial charge in [-0.2, -0.15) is 0 Å². The molecule has 0 atom stereocenters. The molecule has 0 aromatic heterocycles. The second kappa shape index (κ2) is 12.0. The van der Waals surface area contributed by atoms with E-state index >= 15 is 0 Å². The van der Waals surface area contributed by atoms with Gasteiger partial charge >= 0.3 is 5.97 Å². The molecule has 0 saturated carbocycles. The van der Waals surface area contributed by atoms with E-state index in [9.17, 15) is 9.59 Å². The lowest BCUT2D eigenvalue weighted by atomic mass is 10.1. The number of rotatable bonds is 10. The van der Waals surface area contributed by atoms with E-state index in [1.165, 1.54) is 18.7 Å². The Hall–Kier alpha value is -2.80. The monoisotopic (exact) mass is 475 g/mol. The highest BCUT2D eigenvalue weighted by Crippen LogP contribution is 2.37. The number of carbonyl (C=O) groups is 2. The first-order chi connectivity index (χ1) is 14.4. The molecule has 0 unspecified atom stereocenters. The molecule has 30 heavy (non-hydrogen) atoms. The van der Waals surface area contributed by atoms with E-state index in [2.05, 4.69) is 32.0 Å². The van der Waals surface area contributed by atoms with Gasteiger partial charge in [0.05, 0.1) is 18.7 Å². The van der Waals surface area contributed by atoms with Crippen molar-refractivity contribution in [2.75, 3.05) is 20.8 Å². The quantitative estimate of drug-likeness (QED) is 0.312. The molecule has 6 nitrogen and oxygen atoms in total. The summed E-state index contributed by atoms with van der Waals surface area (Å²) in [6.07, 6.45) is 3.92. The van der Waals surface area contributed by atoms with E-state index in [1.807, 2.05) is 31.2 Å². The second-order valence-corrected chi connectivity index (χ2v) is 7.47. The standard InChI is InChI=1S/C23H26BrNO5/c1-16-6-4-7-18(12-16)15-30-23-19(24)13-17(14-20(23)28-2)9-10-21(26)25-11-5-8-22(27)29-3/h4,6-7,9-10,12-14H,5,8,11,15H2,1-3H3,(H,25,26)/b10-9+. The Kier molecular flexibility index (Phi) is 9.41. The number of nitrogens with one attached hydrogen (secondary N) is 1. The fourth-order valence-corrected chi connectivity index (χ4v) is 3.28. The molecule has 0 aliphatic heterocycles. The van der Waals surface area contributed by atoms with Crippen molar-refractivity contribution in [2.45, 2.75) is 26.4 Å². The number of aryl methyl sites for hydroxylation is 1. The molecule has 2 rings (SSSR count). The van der Waals surface area contributed by atoms with E-state index in [0.717, 1.165) is 15.6 Å². The van der Waals surface area contributed by atoms with Gasteiger partial charge in [-0.1, -0.05) is 29.8 Å². The Bertz CT molecular complexity index is 910. The van der Waals surface area contributed by atoms with E-state index in [-0.39, 0.29) is 18.3 Å². The third-order valence-corrected chi connectivity index (χ3v) is 4.82. The van der Waals surface area contributed by atoms with Crippen molar-refractivity contribution in [3.8, 4) is 11.5 Å². The Morgan fingerprint density at radius 3 is 2.67 bits per heavy atom. The minimum atomic E-state index is -0.290. The summed E-state index contributed by atoms with van der Waals surface area (Å²) in [4.78, 5) is 23.0. The van der Waals surface area contributed by atoms with Crippen LogP contribution in [0.15, 0.2) is 46.9 Å². The van der Waals surface area contributed by atoms with Gasteiger partial charge in [0.2, 0.25) is 5.91 Å². The predicted molar refractivity (Wildman–Crippen MR) is 119 cm³/mol. The highest BCUT2D eigenvalue weighted by molar-refractivity contribution is 9.10. The van der Waals surface area contributed by atoms with Crippen molar-refractivity contribution in [1.82, 2.24) is 5.32 Å². The van der Waals surface area contributed by atoms with Crippen molar-refractivity contribution in [2.24, 2.45) is 0 Å². The molecule has 0 spiro atoms. The molecule has 0 bridgehead atoms. The molecule has 1 amide bonds. The zero-order valence-electron chi connectivity index (χ0n) is 17.4. The fourth-order valence-electron chi connectivity index (χ4n) is 2.71. The largest absolute Gasteiger partial charge is 0.493 e. The lowest BCUT2D eigenvalue weighted by Gasteiger charge is -2.14. The van der Waals surface area contributed by atoms with Crippen molar-refractivity contribution in [3.05, 3.63) is 63.6 Å². The Morgan fingerprint density at radius 2 is 1.97 bits per heavy atom. The molecule has 0 fully saturated rings. The van der Waals surface area contributed by atoms with Crippen LogP contribution in [0.3, 0.4) is 0 Å². The van der Waals surface area contributed by atoms with E-state index in [4.69, 9.17) is 9.47 Å². The zero-order valence-corrected chi connectivity index (χ0v) is 19.0. The number of halogens is 1. The summed E-state index contributed by atoms with van der Waals surface area (Å²) in [5, 5.41) is 2.73. The van der Waals surface area contributed by atoms with Gasteiger partial charge in [-0.15, -0.1) is 0 Å². The van der Waals surface area contributed by atoms with Crippen molar-refractivity contribution >= 4 is 33.9 Å². The number of hydrogen-bond acceptors (Lipinski definition) is 5. The Balaban J connectivity index is 1.97. The minimum absolute atomic E-state index is 0.241. The smallest absolute Gasteiger partial charge is 0.305 e. The first kappa shape index (κ1) is 23.5. The van der Waals surface area contributed by atoms with Gasteiger partial charge in [-0.3, -0.25) is 9.59 Å². The number of amides is 1. The van der Waals surface area contributed by atoms with E-state index in [0.29, 0.717) is 31.1 Å². The average Bonchev–Trinajstić information content (AvgIpc) is 2.73. The lowest BCUT2D eigenvalue weighted by molar-refractivity contribution is -0.140. The van der Waals surface area contributed by atoms with E-state index in [1.54, 1.807) is 19.3 Å². The third-order valence-electron chi connectivity index (χ3n) is 4.23. The van der Waals surface area contributed by atoms with Crippen molar-refractivity contribution < 1.29 is 23.8 Å². The summed E-state index contributed by atoms with van der Waals surface area (Å²) in [7, 11) is 2.91. The molecule has 2 aromatic rings. The second-order valence-electron chi connectivity index (χ2n) is 6.62. The van der Waals surface area contributed by atoms with E-state index < -0.39 is 0 Å². The molecule has 0 saturated heterocycles. The fraction of sp³-hybridized carbons (Fsp3) is 0.304. The molecule has 0 heterocycles. The summed E-state index contributed by atoms with van der Waals surface area (Å²) in [5.74, 6) is 0.634. The van der Waals surface area contributed by atoms with Crippen LogP contribution in [0.25, 0.3) is 6.08 Å². The van der Waals surface area contributed by atoms with Crippen molar-refractivity contribution in [1.29, 1.82) is 0 Å². The maximum atomic E-state index is 11.9. The van der Waals surface area contributed by atoms with Gasteiger partial charge in [0, 0.05) is 19.0 Å². The molecule has 2 aromatic carbocycles. The SMILES string of the molecule is COC(=O)CCCNC(=O)/C=C/c1cc(Br)c(OCc2cccc(C)c2)c(OC)c1. The Labute approximate surface area is 185 Å². The van der Waals surface area contributed by atoms with Gasteiger partial charge in [-0.25, -0.2) is 0 Å². The van der Waals surface area contributed by atoms with Crippen LogP contribution in [0.2, 0.25) is 0 Å². The zero-order chi connectivity index (χ0) is 21.9. The highest BCUT2D eigenvalue weighted by Gasteiger charge is 2.11. The number of carbonyl (C=O) groups excluding carboxylic acids is 2. The maximum absolute atomic E-state index is 11.9. The van der Waals surface area contributed by atoms with Crippen LogP contribution in [0, 0.1) is 6.92 Å². The Morgan fingerprint density at radius 1 is 1.17 bits per heavy atom. The van der Waals surface area contributed by atoms with Crippen LogP contribution in [-0.2, 0) is 20.9 Å². The van der Waals surface area contributed by atoms with Crippen LogP contribution in [0.4, 0.5) is 0 Å². The molecule has 7 heteroatoms. The predicted octanol–water partition coefficient (Wildman–Crippen LogP) is 4.43. The topological polar surface area (TPSA) is 73.9 Å². The molecule has 160 valence electrons. The van der Waals surface area contributed by atoms with Gasteiger partial charge in [0.1, 0.15) is 6.61 Å². The van der Waals surface area contributed by atoms with Crippen LogP contribution >= 0.6 is 15.9 Å². The van der Waals surface area contributed by atoms with Crippen LogP contribution in [0.1, 0.15) is 29.5 Å². The minimum Gasteiger partial charge on any atom is -0.493 e. The van der Waals surface area contributed by atoms with Gasteiger partial charge in [-0.05, 0) is 58.6 Å². The van der Waals surface area contributed by atoms with Crippen LogP contribution in [-0.4, -0.2) is 32.6 Å². The highest BCUT2D eigenvalue weighted by atomic mass is 79.9. The summed E-state index contributed by atoms with van der Waals surface area (Å²) >= 11 is 3.52. The van der Waals surface area contributed by atoms with Gasteiger partial charge < -0.3 is 19.5 Å². The molecule has 0 aliphatic rings. The lowest BCUT2D eigenvalue weighted by Crippen LogP contribution is -2.22. The summed E-state index contributed by atoms with van der Waals surface area (Å²) in [6, 6.07) is 11.8. The molecular weight excluding hydrogens is 450 g/mol. The number of hydrogen-bond donors (Lipinski definition) is 1. The first-order valence-electron chi connectivity index (χ1n) is 9.51. The van der Waals surface area contributed by atoms with Crippen LogP contribution < -0.4 is 14.8 Å². The molecule has 1 N–H and O–H groups in total. The summed E-state index contributed by atoms with van der Waals surface area (Å²) in [5.41, 5.74) is 3.02. The number of esters is 1. The summed E-state index contributed by atoms with van der Waals surface area (Å²) in [6.45, 7) is 2.85. The molecule has 0 aliphatic carbocycles. The normalized spacial score (nSPS) is 10.7. The molecular formula is C23H26BrNO5. The number of ether oxygens (including phenoxy) is 3. The first-order valence-corrected chi connectivity index (χ1v) is 10.3. The van der Waals surface area contributed by atoms with Gasteiger partial charge in [0.15, 0.2) is 11.5 Å². The number of methoxy groups -OCH3 is 2. The van der Waals surface area contributed by atoms with Gasteiger partial charge in [0.25, 0.3) is 0 Å². The maximum Gasteiger partial charge on any atom is 0.305 e. The van der Waals surface area contributed by atoms with Crippen LogP contribution in [0.5, 0.6) is 11.5 Å². The summed E-state index contributed by atoms with van der Waals surface area (Å²) < 4.78 is 16.7. The van der Waals surface area contributed by atoms with Crippen molar-refractivity contribution in [3.63, 3.8) is 0 Å². The average molecular weight is 476 g/mol.